The van der Waals surface area contributed by atoms with Crippen molar-refractivity contribution in [2.45, 2.75) is 32.7 Å². The summed E-state index contributed by atoms with van der Waals surface area (Å²) < 4.78 is 10.9. The fourth-order valence-corrected chi connectivity index (χ4v) is 2.42. The smallest absolute Gasteiger partial charge is 0.231 e. The van der Waals surface area contributed by atoms with Gasteiger partial charge in [-0.2, -0.15) is 0 Å². The maximum Gasteiger partial charge on any atom is 0.231 e. The summed E-state index contributed by atoms with van der Waals surface area (Å²) in [5.41, 5.74) is 1.79. The second-order valence-electron chi connectivity index (χ2n) is 5.11. The van der Waals surface area contributed by atoms with Gasteiger partial charge in [0.05, 0.1) is 0 Å². The molecule has 0 aromatic heterocycles. The van der Waals surface area contributed by atoms with Gasteiger partial charge in [-0.15, -0.1) is 0 Å². The molecular formula is C14H19NO2. The predicted molar refractivity (Wildman–Crippen MR) is 66.2 cm³/mol. The minimum absolute atomic E-state index is 0.352. The van der Waals surface area contributed by atoms with E-state index in [1.165, 1.54) is 24.8 Å². The van der Waals surface area contributed by atoms with Crippen LogP contribution < -0.4 is 14.8 Å². The number of rotatable bonds is 5. The van der Waals surface area contributed by atoms with Gasteiger partial charge in [-0.1, -0.05) is 19.1 Å². The van der Waals surface area contributed by atoms with Crippen LogP contribution in [0.25, 0.3) is 0 Å². The monoisotopic (exact) mass is 233 g/mol. The molecular weight excluding hydrogens is 214 g/mol. The van der Waals surface area contributed by atoms with E-state index >= 15 is 0 Å². The summed E-state index contributed by atoms with van der Waals surface area (Å²) in [7, 11) is 0. The van der Waals surface area contributed by atoms with E-state index in [9.17, 15) is 0 Å². The van der Waals surface area contributed by atoms with Gasteiger partial charge < -0.3 is 14.8 Å². The summed E-state index contributed by atoms with van der Waals surface area (Å²) in [5.74, 6) is 1.79. The first-order chi connectivity index (χ1) is 8.33. The molecule has 3 heteroatoms. The maximum absolute atomic E-state index is 5.49. The first-order valence-electron chi connectivity index (χ1n) is 6.41. The summed E-state index contributed by atoms with van der Waals surface area (Å²) >= 11 is 0. The molecule has 1 fully saturated rings. The third-order valence-corrected chi connectivity index (χ3v) is 4.00. The molecule has 0 atom stereocenters. The van der Waals surface area contributed by atoms with Gasteiger partial charge in [-0.3, -0.25) is 0 Å². The largest absolute Gasteiger partial charge is 0.454 e. The average molecular weight is 233 g/mol. The van der Waals surface area contributed by atoms with Gasteiger partial charge >= 0.3 is 0 Å². The molecule has 1 aromatic carbocycles. The second kappa shape index (κ2) is 4.22. The summed E-state index contributed by atoms with van der Waals surface area (Å²) in [4.78, 5) is 0. The highest BCUT2D eigenvalue weighted by Gasteiger charge is 2.39. The zero-order valence-corrected chi connectivity index (χ0v) is 10.3. The van der Waals surface area contributed by atoms with Crippen LogP contribution in [0.1, 0.15) is 31.7 Å². The van der Waals surface area contributed by atoms with E-state index in [-0.39, 0.29) is 0 Å². The molecule has 1 saturated carbocycles. The Bertz CT molecular complexity index is 413. The fraction of sp³-hybridized carbons (Fsp3) is 0.571. The Morgan fingerprint density at radius 1 is 1.29 bits per heavy atom. The van der Waals surface area contributed by atoms with E-state index in [0.29, 0.717) is 12.2 Å². The summed E-state index contributed by atoms with van der Waals surface area (Å²) in [6.45, 7) is 4.62. The Kier molecular flexibility index (Phi) is 2.71. The molecule has 3 nitrogen and oxygen atoms in total. The number of hydrogen-bond acceptors (Lipinski definition) is 3. The number of para-hydroxylation sites is 1. The van der Waals surface area contributed by atoms with Gasteiger partial charge in [0.25, 0.3) is 0 Å². The molecule has 0 saturated heterocycles. The topological polar surface area (TPSA) is 30.5 Å². The molecule has 0 bridgehead atoms. The molecule has 17 heavy (non-hydrogen) atoms. The minimum atomic E-state index is 0.352. The first kappa shape index (κ1) is 10.9. The van der Waals surface area contributed by atoms with Crippen molar-refractivity contribution in [2.75, 3.05) is 13.3 Å². The lowest BCUT2D eigenvalue weighted by Crippen LogP contribution is -2.23. The van der Waals surface area contributed by atoms with E-state index in [2.05, 4.69) is 18.3 Å². The molecule has 0 radical (unpaired) electrons. The molecule has 1 N–H and O–H groups in total. The van der Waals surface area contributed by atoms with Crippen molar-refractivity contribution in [1.82, 2.24) is 5.32 Å². The van der Waals surface area contributed by atoms with Crippen LogP contribution in [-0.4, -0.2) is 13.3 Å². The van der Waals surface area contributed by atoms with E-state index in [0.717, 1.165) is 24.6 Å². The Labute approximate surface area is 102 Å². The molecule has 0 spiro atoms. The van der Waals surface area contributed by atoms with E-state index in [1.54, 1.807) is 0 Å². The Morgan fingerprint density at radius 3 is 2.94 bits per heavy atom. The number of fused-ring (bicyclic) bond motifs is 1. The second-order valence-corrected chi connectivity index (χ2v) is 5.11. The number of hydrogen-bond donors (Lipinski definition) is 1. The van der Waals surface area contributed by atoms with Crippen LogP contribution in [0.2, 0.25) is 0 Å². The minimum Gasteiger partial charge on any atom is -0.454 e. The fourth-order valence-electron chi connectivity index (χ4n) is 2.42. The van der Waals surface area contributed by atoms with Gasteiger partial charge in [0.1, 0.15) is 0 Å². The normalized spacial score (nSPS) is 19.4. The van der Waals surface area contributed by atoms with Gasteiger partial charge in [-0.05, 0) is 30.7 Å². The number of benzene rings is 1. The zero-order chi connectivity index (χ0) is 11.7. The van der Waals surface area contributed by atoms with E-state index in [1.807, 2.05) is 12.1 Å². The van der Waals surface area contributed by atoms with Gasteiger partial charge in [0, 0.05) is 18.7 Å². The van der Waals surface area contributed by atoms with Crippen molar-refractivity contribution in [1.29, 1.82) is 0 Å². The molecule has 1 heterocycles. The van der Waals surface area contributed by atoms with Crippen molar-refractivity contribution < 1.29 is 9.47 Å². The van der Waals surface area contributed by atoms with Gasteiger partial charge in [0.15, 0.2) is 11.5 Å². The molecule has 0 unspecified atom stereocenters. The lowest BCUT2D eigenvalue weighted by molar-refractivity contribution is 0.173. The molecule has 1 aromatic rings. The highest BCUT2D eigenvalue weighted by molar-refractivity contribution is 5.48. The molecule has 2 aliphatic rings. The number of nitrogens with one attached hydrogen (secondary N) is 1. The lowest BCUT2D eigenvalue weighted by atomic mass is 10.0. The van der Waals surface area contributed by atoms with Crippen molar-refractivity contribution in [3.05, 3.63) is 23.8 Å². The van der Waals surface area contributed by atoms with Crippen LogP contribution in [0.5, 0.6) is 11.5 Å². The summed E-state index contributed by atoms with van der Waals surface area (Å²) in [6.07, 6.45) is 4.04. The highest BCUT2D eigenvalue weighted by atomic mass is 16.7. The van der Waals surface area contributed by atoms with E-state index in [4.69, 9.17) is 9.47 Å². The van der Waals surface area contributed by atoms with Crippen LogP contribution in [-0.2, 0) is 6.54 Å². The molecule has 1 aliphatic carbocycles. The Hall–Kier alpha value is -1.22. The van der Waals surface area contributed by atoms with Gasteiger partial charge in [0.2, 0.25) is 6.79 Å². The molecule has 0 amide bonds. The average Bonchev–Trinajstić information content (AvgIpc) is 2.97. The Balaban J connectivity index is 1.60. The van der Waals surface area contributed by atoms with Crippen LogP contribution in [0.4, 0.5) is 0 Å². The lowest BCUT2D eigenvalue weighted by Gasteiger charge is -2.14. The predicted octanol–water partition coefficient (Wildman–Crippen LogP) is 2.70. The van der Waals surface area contributed by atoms with Crippen molar-refractivity contribution in [3.63, 3.8) is 0 Å². The zero-order valence-electron chi connectivity index (χ0n) is 10.3. The Morgan fingerprint density at radius 2 is 2.18 bits per heavy atom. The molecule has 3 rings (SSSR count). The van der Waals surface area contributed by atoms with Crippen LogP contribution >= 0.6 is 0 Å². The first-order valence-corrected chi connectivity index (χ1v) is 6.41. The SMILES string of the molecule is CCC1(CNCc2cccc3c2OCO3)CC1. The molecule has 1 aliphatic heterocycles. The third kappa shape index (κ3) is 2.12. The van der Waals surface area contributed by atoms with Crippen LogP contribution in [0.15, 0.2) is 18.2 Å². The summed E-state index contributed by atoms with van der Waals surface area (Å²) in [6, 6.07) is 6.09. The maximum atomic E-state index is 5.49. The van der Waals surface area contributed by atoms with Crippen molar-refractivity contribution >= 4 is 0 Å². The van der Waals surface area contributed by atoms with Crippen molar-refractivity contribution in [2.24, 2.45) is 5.41 Å². The summed E-state index contributed by atoms with van der Waals surface area (Å²) in [5, 5.41) is 3.55. The highest BCUT2D eigenvalue weighted by Crippen LogP contribution is 2.48. The quantitative estimate of drug-likeness (QED) is 0.848. The number of ether oxygens (including phenoxy) is 2. The van der Waals surface area contributed by atoms with Crippen LogP contribution in [0.3, 0.4) is 0 Å². The standard InChI is InChI=1S/C14H19NO2/c1-2-14(6-7-14)9-15-8-11-4-3-5-12-13(11)17-10-16-12/h3-5,15H,2,6-10H2,1H3. The van der Waals surface area contributed by atoms with E-state index < -0.39 is 0 Å². The van der Waals surface area contributed by atoms with Crippen LogP contribution in [0, 0.1) is 5.41 Å². The van der Waals surface area contributed by atoms with Crippen molar-refractivity contribution in [3.8, 4) is 11.5 Å². The van der Waals surface area contributed by atoms with Gasteiger partial charge in [-0.25, -0.2) is 0 Å². The molecule has 92 valence electrons. The third-order valence-electron chi connectivity index (χ3n) is 4.00.